The molecular weight excluding hydrogens is 424 g/mol. The molecule has 0 radical (unpaired) electrons. The summed E-state index contributed by atoms with van der Waals surface area (Å²) < 4.78 is 7.31. The summed E-state index contributed by atoms with van der Waals surface area (Å²) in [6.07, 6.45) is 1.21. The molecule has 0 aliphatic heterocycles. The first-order valence-corrected chi connectivity index (χ1v) is 10.3. The third-order valence-electron chi connectivity index (χ3n) is 4.71. The Morgan fingerprint density at radius 1 is 1.23 bits per heavy atom. The maximum atomic E-state index is 12.8. The van der Waals surface area contributed by atoms with E-state index in [0.717, 1.165) is 15.7 Å². The lowest BCUT2D eigenvalue weighted by Gasteiger charge is -2.10. The van der Waals surface area contributed by atoms with E-state index in [1.54, 1.807) is 31.2 Å². The highest BCUT2D eigenvalue weighted by atomic mass is 35.5. The first-order valence-electron chi connectivity index (χ1n) is 9.96. The van der Waals surface area contributed by atoms with E-state index in [2.05, 4.69) is 20.6 Å². The van der Waals surface area contributed by atoms with Gasteiger partial charge in [0.15, 0.2) is 5.69 Å². The monoisotopic (exact) mass is 446 g/mol. The number of carbonyl (C=O) groups excluding carboxylic acids is 1. The molecule has 164 valence electrons. The summed E-state index contributed by atoms with van der Waals surface area (Å²) in [6.45, 7) is 5.72. The minimum atomic E-state index is -0.625. The molecule has 10 nitrogen and oxygen atoms in total. The van der Waals surface area contributed by atoms with Crippen LogP contribution in [0.3, 0.4) is 0 Å². The van der Waals surface area contributed by atoms with Gasteiger partial charge >= 0.3 is 5.69 Å². The Kier molecular flexibility index (Phi) is 7.01. The quantitative estimate of drug-likeness (QED) is 0.560. The van der Waals surface area contributed by atoms with Crippen molar-refractivity contribution in [1.82, 2.24) is 29.8 Å². The van der Waals surface area contributed by atoms with E-state index in [-0.39, 0.29) is 48.7 Å². The number of rotatable bonds is 8. The van der Waals surface area contributed by atoms with Gasteiger partial charge in [-0.2, -0.15) is 14.8 Å². The van der Waals surface area contributed by atoms with Crippen LogP contribution in [0.5, 0.6) is 0 Å². The summed E-state index contributed by atoms with van der Waals surface area (Å²) in [5, 5.41) is 11.4. The second-order valence-corrected chi connectivity index (χ2v) is 7.39. The number of hydrogen-bond acceptors (Lipinski definition) is 7. The van der Waals surface area contributed by atoms with Crippen LogP contribution in [-0.2, 0) is 17.8 Å². The largest absolute Gasteiger partial charge is 0.354 e. The fraction of sp³-hybridized carbons (Fsp3) is 0.400. The maximum Gasteiger partial charge on any atom is 0.352 e. The van der Waals surface area contributed by atoms with Gasteiger partial charge < -0.3 is 9.84 Å². The number of aryl methyl sites for hydroxylation is 1. The van der Waals surface area contributed by atoms with Crippen LogP contribution in [0.2, 0.25) is 5.02 Å². The van der Waals surface area contributed by atoms with Gasteiger partial charge in [-0.05, 0) is 44.5 Å². The number of amides is 1. The van der Waals surface area contributed by atoms with Gasteiger partial charge in [0.05, 0.1) is 5.69 Å². The zero-order chi connectivity index (χ0) is 22.5. The van der Waals surface area contributed by atoms with E-state index in [4.69, 9.17) is 16.1 Å². The molecule has 31 heavy (non-hydrogen) atoms. The maximum absolute atomic E-state index is 12.8. The van der Waals surface area contributed by atoms with Crippen LogP contribution < -0.4 is 16.6 Å². The zero-order valence-corrected chi connectivity index (χ0v) is 18.2. The highest BCUT2D eigenvalue weighted by Crippen LogP contribution is 2.13. The molecule has 0 spiro atoms. The van der Waals surface area contributed by atoms with Crippen LogP contribution in [0.15, 0.2) is 38.4 Å². The van der Waals surface area contributed by atoms with Gasteiger partial charge in [-0.3, -0.25) is 14.2 Å². The lowest BCUT2D eigenvalue weighted by Crippen LogP contribution is -2.41. The van der Waals surface area contributed by atoms with Crippen molar-refractivity contribution in [2.45, 2.75) is 52.6 Å². The standard InChI is InChI=1S/C20H23ClN6O4/c1-4-12(3)22-15(28)10-11-16-23-18(25-31-16)17-19(29)26(5-2)20(30)27(24-17)14-8-6-13(21)7-9-14/h6-9,12H,4-5,10-11H2,1-3H3,(H,22,28). The molecule has 1 aromatic carbocycles. The fourth-order valence-corrected chi connectivity index (χ4v) is 2.93. The van der Waals surface area contributed by atoms with Gasteiger partial charge in [-0.1, -0.05) is 23.7 Å². The van der Waals surface area contributed by atoms with Crippen molar-refractivity contribution >= 4 is 17.5 Å². The van der Waals surface area contributed by atoms with Crippen molar-refractivity contribution in [2.75, 3.05) is 0 Å². The predicted octanol–water partition coefficient (Wildman–Crippen LogP) is 1.96. The molecule has 0 bridgehead atoms. The van der Waals surface area contributed by atoms with Crippen molar-refractivity contribution in [2.24, 2.45) is 0 Å². The van der Waals surface area contributed by atoms with Gasteiger partial charge in [-0.15, -0.1) is 0 Å². The highest BCUT2D eigenvalue weighted by molar-refractivity contribution is 6.30. The number of nitrogens with zero attached hydrogens (tertiary/aromatic N) is 5. The van der Waals surface area contributed by atoms with E-state index in [9.17, 15) is 14.4 Å². The average Bonchev–Trinajstić information content (AvgIpc) is 3.22. The van der Waals surface area contributed by atoms with Crippen LogP contribution in [-0.4, -0.2) is 36.4 Å². The number of hydrogen-bond donors (Lipinski definition) is 1. The summed E-state index contributed by atoms with van der Waals surface area (Å²) >= 11 is 5.92. The molecule has 1 amide bonds. The first kappa shape index (κ1) is 22.4. The van der Waals surface area contributed by atoms with Gasteiger partial charge in [0.25, 0.3) is 5.56 Å². The molecular formula is C20H23ClN6O4. The number of nitrogens with one attached hydrogen (secondary N) is 1. The van der Waals surface area contributed by atoms with Crippen molar-refractivity contribution in [1.29, 1.82) is 0 Å². The molecule has 2 aromatic heterocycles. The van der Waals surface area contributed by atoms with Crippen LogP contribution in [0, 0.1) is 0 Å². The normalized spacial score (nSPS) is 12.0. The Labute approximate surface area is 182 Å². The third kappa shape index (κ3) is 5.08. The smallest absolute Gasteiger partial charge is 0.352 e. The SMILES string of the molecule is CCC(C)NC(=O)CCc1nc(-c2nn(-c3ccc(Cl)cc3)c(=O)n(CC)c2=O)no1. The predicted molar refractivity (Wildman–Crippen MR) is 114 cm³/mol. The van der Waals surface area contributed by atoms with Gasteiger partial charge in [0, 0.05) is 30.5 Å². The lowest BCUT2D eigenvalue weighted by atomic mass is 10.2. The summed E-state index contributed by atoms with van der Waals surface area (Å²) in [7, 11) is 0. The van der Waals surface area contributed by atoms with Crippen LogP contribution in [0.4, 0.5) is 0 Å². The highest BCUT2D eigenvalue weighted by Gasteiger charge is 2.20. The van der Waals surface area contributed by atoms with Crippen LogP contribution in [0.25, 0.3) is 17.2 Å². The summed E-state index contributed by atoms with van der Waals surface area (Å²) in [5.41, 5.74) is -0.915. The minimum Gasteiger partial charge on any atom is -0.354 e. The van der Waals surface area contributed by atoms with Crippen LogP contribution in [0.1, 0.15) is 39.5 Å². The summed E-state index contributed by atoms with van der Waals surface area (Å²) in [5.74, 6) is 0.0203. The van der Waals surface area contributed by atoms with Crippen molar-refractivity contribution in [3.05, 3.63) is 56.0 Å². The molecule has 0 aliphatic carbocycles. The molecule has 0 saturated heterocycles. The average molecular weight is 447 g/mol. The number of aromatic nitrogens is 5. The van der Waals surface area contributed by atoms with Crippen LogP contribution >= 0.6 is 11.6 Å². The molecule has 1 atom stereocenters. The summed E-state index contributed by atoms with van der Waals surface area (Å²) in [6, 6.07) is 6.54. The lowest BCUT2D eigenvalue weighted by molar-refractivity contribution is -0.121. The molecule has 0 fully saturated rings. The molecule has 3 rings (SSSR count). The second kappa shape index (κ2) is 9.69. The molecule has 2 heterocycles. The van der Waals surface area contributed by atoms with E-state index in [1.165, 1.54) is 0 Å². The Hall–Kier alpha value is -3.27. The summed E-state index contributed by atoms with van der Waals surface area (Å²) in [4.78, 5) is 41.6. The van der Waals surface area contributed by atoms with Gasteiger partial charge in [0.2, 0.25) is 17.6 Å². The molecule has 11 heteroatoms. The molecule has 0 saturated carbocycles. The van der Waals surface area contributed by atoms with E-state index in [1.807, 2.05) is 13.8 Å². The van der Waals surface area contributed by atoms with Crippen molar-refractivity contribution in [3.63, 3.8) is 0 Å². The Balaban J connectivity index is 1.92. The first-order chi connectivity index (χ1) is 14.8. The topological polar surface area (TPSA) is 125 Å². The van der Waals surface area contributed by atoms with Crippen molar-refractivity contribution in [3.8, 4) is 17.2 Å². The van der Waals surface area contributed by atoms with Gasteiger partial charge in [-0.25, -0.2) is 4.79 Å². The molecule has 1 N–H and O–H groups in total. The second-order valence-electron chi connectivity index (χ2n) is 6.96. The fourth-order valence-electron chi connectivity index (χ4n) is 2.81. The number of halogens is 1. The molecule has 1 unspecified atom stereocenters. The third-order valence-corrected chi connectivity index (χ3v) is 4.96. The number of benzene rings is 1. The van der Waals surface area contributed by atoms with E-state index in [0.29, 0.717) is 10.7 Å². The Bertz CT molecular complexity index is 1180. The number of carbonyl (C=O) groups is 1. The zero-order valence-electron chi connectivity index (χ0n) is 17.5. The minimum absolute atomic E-state index is 0.0488. The van der Waals surface area contributed by atoms with Gasteiger partial charge in [0.1, 0.15) is 0 Å². The van der Waals surface area contributed by atoms with E-state index < -0.39 is 11.2 Å². The Morgan fingerprint density at radius 2 is 1.94 bits per heavy atom. The molecule has 0 aliphatic rings. The molecule has 3 aromatic rings. The van der Waals surface area contributed by atoms with Crippen molar-refractivity contribution < 1.29 is 9.32 Å². The Morgan fingerprint density at radius 3 is 2.58 bits per heavy atom. The van der Waals surface area contributed by atoms with E-state index >= 15 is 0 Å².